The summed E-state index contributed by atoms with van der Waals surface area (Å²) in [4.78, 5) is 0. The van der Waals surface area contributed by atoms with Crippen LogP contribution in [-0.4, -0.2) is 5.11 Å². The molecule has 1 nitrogen and oxygen atoms in total. The minimum atomic E-state index is -1.48. The zero-order valence-corrected chi connectivity index (χ0v) is 10.2. The van der Waals surface area contributed by atoms with E-state index in [0.29, 0.717) is 5.56 Å². The molecule has 0 fully saturated rings. The molecule has 3 heteroatoms. The fourth-order valence-electron chi connectivity index (χ4n) is 1.99. The van der Waals surface area contributed by atoms with Gasteiger partial charge in [0.1, 0.15) is 17.2 Å². The number of aliphatic hydroxyl groups is 1. The first kappa shape index (κ1) is 12.7. The molecule has 0 aliphatic rings. The molecule has 0 amide bonds. The summed E-state index contributed by atoms with van der Waals surface area (Å²) >= 11 is 0. The van der Waals surface area contributed by atoms with Gasteiger partial charge in [-0.1, -0.05) is 29.8 Å². The van der Waals surface area contributed by atoms with E-state index in [2.05, 4.69) is 0 Å². The number of aryl methyl sites for hydroxylation is 1. The third-order valence-corrected chi connectivity index (χ3v) is 3.04. The summed E-state index contributed by atoms with van der Waals surface area (Å²) in [7, 11) is 0. The molecular weight excluding hydrogens is 234 g/mol. The molecule has 94 valence electrons. The van der Waals surface area contributed by atoms with Gasteiger partial charge in [-0.2, -0.15) is 0 Å². The zero-order valence-electron chi connectivity index (χ0n) is 10.2. The van der Waals surface area contributed by atoms with Crippen LogP contribution in [0.2, 0.25) is 0 Å². The molecule has 2 rings (SSSR count). The van der Waals surface area contributed by atoms with Gasteiger partial charge in [-0.3, -0.25) is 0 Å². The zero-order chi connectivity index (χ0) is 13.3. The normalized spacial score (nSPS) is 14.3. The van der Waals surface area contributed by atoms with Gasteiger partial charge in [0.25, 0.3) is 0 Å². The van der Waals surface area contributed by atoms with Gasteiger partial charge in [-0.15, -0.1) is 0 Å². The van der Waals surface area contributed by atoms with E-state index in [1.807, 2.05) is 13.0 Å². The molecule has 0 aliphatic heterocycles. The molecule has 0 saturated carbocycles. The first-order valence-corrected chi connectivity index (χ1v) is 5.66. The van der Waals surface area contributed by atoms with Gasteiger partial charge in [-0.25, -0.2) is 8.78 Å². The molecule has 0 aliphatic carbocycles. The molecular formula is C15H14F2O. The lowest BCUT2D eigenvalue weighted by Gasteiger charge is -2.25. The van der Waals surface area contributed by atoms with Crippen LogP contribution in [0.3, 0.4) is 0 Å². The number of hydrogen-bond acceptors (Lipinski definition) is 1. The summed E-state index contributed by atoms with van der Waals surface area (Å²) in [5.74, 6) is -1.40. The minimum Gasteiger partial charge on any atom is -0.381 e. The second kappa shape index (κ2) is 4.50. The lowest BCUT2D eigenvalue weighted by Crippen LogP contribution is -2.24. The standard InChI is InChI=1S/C15H14F2O/c1-10-4-3-5-11(8-10)15(2,18)13-7-6-12(16)9-14(13)17/h3-9,18H,1-2H3. The van der Waals surface area contributed by atoms with Crippen LogP contribution >= 0.6 is 0 Å². The number of rotatable bonds is 2. The largest absolute Gasteiger partial charge is 0.381 e. The molecule has 0 saturated heterocycles. The average molecular weight is 248 g/mol. The van der Waals surface area contributed by atoms with Crippen LogP contribution in [0.1, 0.15) is 23.6 Å². The highest BCUT2D eigenvalue weighted by molar-refractivity contribution is 5.37. The maximum absolute atomic E-state index is 13.7. The van der Waals surface area contributed by atoms with Gasteiger partial charge < -0.3 is 5.11 Å². The molecule has 1 N–H and O–H groups in total. The molecule has 0 aromatic heterocycles. The van der Waals surface area contributed by atoms with Crippen molar-refractivity contribution in [2.45, 2.75) is 19.4 Å². The molecule has 0 radical (unpaired) electrons. The van der Waals surface area contributed by atoms with Crippen LogP contribution in [0.15, 0.2) is 42.5 Å². The van der Waals surface area contributed by atoms with E-state index in [-0.39, 0.29) is 5.56 Å². The summed E-state index contributed by atoms with van der Waals surface area (Å²) in [6.07, 6.45) is 0. The first-order valence-electron chi connectivity index (χ1n) is 5.66. The summed E-state index contributed by atoms with van der Waals surface area (Å²) in [5.41, 5.74) is 0.127. The fraction of sp³-hybridized carbons (Fsp3) is 0.200. The molecule has 0 spiro atoms. The van der Waals surface area contributed by atoms with Crippen LogP contribution in [0, 0.1) is 18.6 Å². The van der Waals surface area contributed by atoms with Crippen molar-refractivity contribution in [3.63, 3.8) is 0 Å². The molecule has 1 atom stereocenters. The Morgan fingerprint density at radius 3 is 2.39 bits per heavy atom. The Morgan fingerprint density at radius 2 is 1.78 bits per heavy atom. The van der Waals surface area contributed by atoms with Gasteiger partial charge in [0.15, 0.2) is 0 Å². The Balaban J connectivity index is 2.53. The highest BCUT2D eigenvalue weighted by atomic mass is 19.1. The van der Waals surface area contributed by atoms with Crippen LogP contribution < -0.4 is 0 Å². The van der Waals surface area contributed by atoms with Crippen molar-refractivity contribution >= 4 is 0 Å². The van der Waals surface area contributed by atoms with Gasteiger partial charge in [0.2, 0.25) is 0 Å². The van der Waals surface area contributed by atoms with Crippen molar-refractivity contribution in [2.75, 3.05) is 0 Å². The number of halogens is 2. The van der Waals surface area contributed by atoms with E-state index in [1.54, 1.807) is 18.2 Å². The second-order valence-electron chi connectivity index (χ2n) is 4.57. The lowest BCUT2D eigenvalue weighted by molar-refractivity contribution is 0.0977. The van der Waals surface area contributed by atoms with Crippen molar-refractivity contribution in [3.05, 3.63) is 70.8 Å². The predicted molar refractivity (Wildman–Crippen MR) is 66.2 cm³/mol. The lowest BCUT2D eigenvalue weighted by atomic mass is 9.87. The van der Waals surface area contributed by atoms with Crippen molar-refractivity contribution in [1.82, 2.24) is 0 Å². The fourth-order valence-corrected chi connectivity index (χ4v) is 1.99. The Hall–Kier alpha value is -1.74. The molecule has 2 aromatic rings. The van der Waals surface area contributed by atoms with E-state index in [1.165, 1.54) is 13.0 Å². The number of benzene rings is 2. The maximum Gasteiger partial charge on any atom is 0.132 e. The molecule has 2 aromatic carbocycles. The highest BCUT2D eigenvalue weighted by Gasteiger charge is 2.28. The summed E-state index contributed by atoms with van der Waals surface area (Å²) in [6, 6.07) is 10.4. The monoisotopic (exact) mass is 248 g/mol. The minimum absolute atomic E-state index is 0.0644. The van der Waals surface area contributed by atoms with Crippen molar-refractivity contribution < 1.29 is 13.9 Å². The molecule has 0 heterocycles. The quantitative estimate of drug-likeness (QED) is 0.862. The molecule has 1 unspecified atom stereocenters. The van der Waals surface area contributed by atoms with Crippen LogP contribution in [0.5, 0.6) is 0 Å². The third-order valence-electron chi connectivity index (χ3n) is 3.04. The van der Waals surface area contributed by atoms with E-state index in [4.69, 9.17) is 0 Å². The molecule has 18 heavy (non-hydrogen) atoms. The van der Waals surface area contributed by atoms with Crippen LogP contribution in [-0.2, 0) is 5.60 Å². The number of hydrogen-bond donors (Lipinski definition) is 1. The Bertz CT molecular complexity index is 576. The van der Waals surface area contributed by atoms with E-state index < -0.39 is 17.2 Å². The van der Waals surface area contributed by atoms with Gasteiger partial charge in [0, 0.05) is 11.6 Å². The first-order chi connectivity index (χ1) is 8.41. The van der Waals surface area contributed by atoms with Gasteiger partial charge in [0.05, 0.1) is 0 Å². The van der Waals surface area contributed by atoms with E-state index >= 15 is 0 Å². The van der Waals surface area contributed by atoms with Crippen LogP contribution in [0.25, 0.3) is 0 Å². The maximum atomic E-state index is 13.7. The Labute approximate surface area is 105 Å². The van der Waals surface area contributed by atoms with Gasteiger partial charge in [-0.05, 0) is 31.5 Å². The summed E-state index contributed by atoms with van der Waals surface area (Å²) in [5, 5.41) is 10.5. The Kier molecular flexibility index (Phi) is 3.18. The highest BCUT2D eigenvalue weighted by Crippen LogP contribution is 2.31. The SMILES string of the molecule is Cc1cccc(C(C)(O)c2ccc(F)cc2F)c1. The van der Waals surface area contributed by atoms with Crippen molar-refractivity contribution in [2.24, 2.45) is 0 Å². The summed E-state index contributed by atoms with van der Waals surface area (Å²) < 4.78 is 26.6. The topological polar surface area (TPSA) is 20.2 Å². The van der Waals surface area contributed by atoms with E-state index in [0.717, 1.165) is 17.7 Å². The average Bonchev–Trinajstić information content (AvgIpc) is 2.28. The van der Waals surface area contributed by atoms with Crippen molar-refractivity contribution in [3.8, 4) is 0 Å². The Morgan fingerprint density at radius 1 is 1.06 bits per heavy atom. The van der Waals surface area contributed by atoms with Crippen molar-refractivity contribution in [1.29, 1.82) is 0 Å². The van der Waals surface area contributed by atoms with Crippen LogP contribution in [0.4, 0.5) is 8.78 Å². The van der Waals surface area contributed by atoms with E-state index in [9.17, 15) is 13.9 Å². The smallest absolute Gasteiger partial charge is 0.132 e. The third kappa shape index (κ3) is 2.27. The van der Waals surface area contributed by atoms with Gasteiger partial charge >= 0.3 is 0 Å². The summed E-state index contributed by atoms with van der Waals surface area (Å²) in [6.45, 7) is 3.39. The molecule has 0 bridgehead atoms. The predicted octanol–water partition coefficient (Wildman–Crippen LogP) is 3.53. The second-order valence-corrected chi connectivity index (χ2v) is 4.57.